The Morgan fingerprint density at radius 1 is 1.08 bits per heavy atom. The number of aromatic amines is 1. The van der Waals surface area contributed by atoms with Crippen LogP contribution in [0.5, 0.6) is 0 Å². The van der Waals surface area contributed by atoms with Crippen LogP contribution in [0, 0.1) is 12.3 Å². The molecular formula is C18H11Cl2NO3S. The molecule has 4 nitrogen and oxygen atoms in total. The van der Waals surface area contributed by atoms with Crippen LogP contribution < -0.4 is 5.56 Å². The Morgan fingerprint density at radius 3 is 2.52 bits per heavy atom. The number of fused-ring (bicyclic) bond motifs is 1. The Bertz CT molecular complexity index is 1190. The molecule has 0 aliphatic rings. The summed E-state index contributed by atoms with van der Waals surface area (Å²) in [7, 11) is -3.90. The van der Waals surface area contributed by atoms with Gasteiger partial charge in [0.25, 0.3) is 5.56 Å². The summed E-state index contributed by atoms with van der Waals surface area (Å²) in [6, 6.07) is 11.2. The first kappa shape index (κ1) is 17.6. The number of benzene rings is 2. The summed E-state index contributed by atoms with van der Waals surface area (Å²) in [4.78, 5) is 14.4. The van der Waals surface area contributed by atoms with E-state index in [9.17, 15) is 13.2 Å². The van der Waals surface area contributed by atoms with E-state index < -0.39 is 15.4 Å². The lowest BCUT2D eigenvalue weighted by Crippen LogP contribution is -2.16. The van der Waals surface area contributed by atoms with Crippen LogP contribution in [0.4, 0.5) is 0 Å². The van der Waals surface area contributed by atoms with Gasteiger partial charge in [0.2, 0.25) is 0 Å². The normalized spacial score (nSPS) is 11.4. The number of hydrogen-bond acceptors (Lipinski definition) is 3. The van der Waals surface area contributed by atoms with Crippen LogP contribution in [0.25, 0.3) is 10.8 Å². The summed E-state index contributed by atoms with van der Waals surface area (Å²) >= 11 is 12.0. The molecule has 1 aromatic heterocycles. The summed E-state index contributed by atoms with van der Waals surface area (Å²) in [5.41, 5.74) is 0.265. The predicted octanol–water partition coefficient (Wildman–Crippen LogP) is 3.79. The minimum Gasteiger partial charge on any atom is -0.311 e. The average Bonchev–Trinajstić information content (AvgIpc) is 2.58. The maximum absolute atomic E-state index is 12.9. The van der Waals surface area contributed by atoms with E-state index in [4.69, 9.17) is 29.6 Å². The number of sulfone groups is 1. The number of terminal acetylenes is 1. The number of rotatable bonds is 3. The monoisotopic (exact) mass is 391 g/mol. The number of hydrogen-bond donors (Lipinski definition) is 1. The Balaban J connectivity index is 2.25. The molecule has 0 unspecified atom stereocenters. The van der Waals surface area contributed by atoms with Gasteiger partial charge in [0.1, 0.15) is 10.0 Å². The summed E-state index contributed by atoms with van der Waals surface area (Å²) in [5, 5.41) is 0.589. The standard InChI is InChI=1S/C18H11Cl2NO3S/c1-2-11-5-3-4-6-12(11)10-25(23,24)18-15-9-13(19)7-8-14(15)16(20)17(22)21-18/h1,3-9H,10H2,(H,21,22). The van der Waals surface area contributed by atoms with Gasteiger partial charge in [0.15, 0.2) is 9.84 Å². The quantitative estimate of drug-likeness (QED) is 0.690. The highest BCUT2D eigenvalue weighted by Crippen LogP contribution is 2.29. The Hall–Kier alpha value is -2.26. The summed E-state index contributed by atoms with van der Waals surface area (Å²) < 4.78 is 25.9. The second-order valence-corrected chi connectivity index (χ2v) is 8.09. The molecule has 0 saturated carbocycles. The van der Waals surface area contributed by atoms with Crippen molar-refractivity contribution < 1.29 is 8.42 Å². The van der Waals surface area contributed by atoms with Crippen molar-refractivity contribution in [1.29, 1.82) is 0 Å². The molecule has 0 bridgehead atoms. The third-order valence-electron chi connectivity index (χ3n) is 3.72. The molecule has 0 amide bonds. The lowest BCUT2D eigenvalue weighted by atomic mass is 10.1. The molecular weight excluding hydrogens is 381 g/mol. The first-order valence-corrected chi connectivity index (χ1v) is 9.52. The van der Waals surface area contributed by atoms with Crippen LogP contribution in [0.1, 0.15) is 11.1 Å². The maximum Gasteiger partial charge on any atom is 0.268 e. The Morgan fingerprint density at radius 2 is 1.80 bits per heavy atom. The van der Waals surface area contributed by atoms with E-state index in [0.717, 1.165) is 0 Å². The molecule has 2 aromatic carbocycles. The minimum absolute atomic E-state index is 0.0883. The molecule has 25 heavy (non-hydrogen) atoms. The number of halogens is 2. The molecule has 0 aliphatic heterocycles. The van der Waals surface area contributed by atoms with Crippen LogP contribution >= 0.6 is 23.2 Å². The van der Waals surface area contributed by atoms with Crippen molar-refractivity contribution in [3.05, 3.63) is 74.0 Å². The van der Waals surface area contributed by atoms with Crippen molar-refractivity contribution in [1.82, 2.24) is 4.98 Å². The van der Waals surface area contributed by atoms with Crippen LogP contribution in [0.2, 0.25) is 10.0 Å². The van der Waals surface area contributed by atoms with E-state index in [1.165, 1.54) is 12.1 Å². The minimum atomic E-state index is -3.90. The zero-order valence-electron chi connectivity index (χ0n) is 12.7. The van der Waals surface area contributed by atoms with Crippen molar-refractivity contribution in [3.63, 3.8) is 0 Å². The summed E-state index contributed by atoms with van der Waals surface area (Å²) in [6.07, 6.45) is 5.43. The van der Waals surface area contributed by atoms with Gasteiger partial charge in [0, 0.05) is 21.4 Å². The Labute approximate surface area is 154 Å². The molecule has 7 heteroatoms. The lowest BCUT2D eigenvalue weighted by Gasteiger charge is -2.10. The van der Waals surface area contributed by atoms with E-state index in [2.05, 4.69) is 10.9 Å². The number of H-pyrrole nitrogens is 1. The van der Waals surface area contributed by atoms with Crippen molar-refractivity contribution in [2.75, 3.05) is 0 Å². The lowest BCUT2D eigenvalue weighted by molar-refractivity contribution is 0.592. The molecule has 0 spiro atoms. The van der Waals surface area contributed by atoms with Crippen LogP contribution in [0.15, 0.2) is 52.3 Å². The zero-order valence-corrected chi connectivity index (χ0v) is 15.0. The fourth-order valence-corrected chi connectivity index (χ4v) is 4.49. The highest BCUT2D eigenvalue weighted by atomic mass is 35.5. The van der Waals surface area contributed by atoms with Crippen molar-refractivity contribution in [2.24, 2.45) is 0 Å². The molecule has 0 radical (unpaired) electrons. The van der Waals surface area contributed by atoms with E-state index in [0.29, 0.717) is 21.5 Å². The van der Waals surface area contributed by atoms with Crippen molar-refractivity contribution in [2.45, 2.75) is 10.8 Å². The fraction of sp³-hybridized carbons (Fsp3) is 0.0556. The van der Waals surface area contributed by atoms with Gasteiger partial charge in [-0.15, -0.1) is 6.42 Å². The van der Waals surface area contributed by atoms with Gasteiger partial charge in [-0.2, -0.15) is 0 Å². The molecule has 1 heterocycles. The van der Waals surface area contributed by atoms with E-state index >= 15 is 0 Å². The highest BCUT2D eigenvalue weighted by molar-refractivity contribution is 7.90. The second kappa shape index (κ2) is 6.57. The van der Waals surface area contributed by atoms with Gasteiger partial charge in [-0.3, -0.25) is 4.79 Å². The van der Waals surface area contributed by atoms with Gasteiger partial charge in [-0.1, -0.05) is 53.4 Å². The molecule has 0 saturated heterocycles. The molecule has 0 atom stereocenters. The third kappa shape index (κ3) is 3.29. The van der Waals surface area contributed by atoms with Gasteiger partial charge < -0.3 is 4.98 Å². The van der Waals surface area contributed by atoms with E-state index in [1.807, 2.05) is 0 Å². The fourth-order valence-electron chi connectivity index (χ4n) is 2.55. The maximum atomic E-state index is 12.9. The molecule has 3 rings (SSSR count). The van der Waals surface area contributed by atoms with Crippen LogP contribution in [-0.2, 0) is 15.6 Å². The number of nitrogens with one attached hydrogen (secondary N) is 1. The SMILES string of the molecule is C#Cc1ccccc1CS(=O)(=O)c1[nH]c(=O)c(Cl)c2ccc(Cl)cc12. The van der Waals surface area contributed by atoms with Crippen molar-refractivity contribution in [3.8, 4) is 12.3 Å². The molecule has 0 aliphatic carbocycles. The largest absolute Gasteiger partial charge is 0.311 e. The van der Waals surface area contributed by atoms with Crippen molar-refractivity contribution >= 4 is 43.8 Å². The Kier molecular flexibility index (Phi) is 4.61. The topological polar surface area (TPSA) is 67.0 Å². The van der Waals surface area contributed by atoms with Crippen LogP contribution in [-0.4, -0.2) is 13.4 Å². The molecule has 0 fully saturated rings. The van der Waals surface area contributed by atoms with Crippen LogP contribution in [0.3, 0.4) is 0 Å². The van der Waals surface area contributed by atoms with E-state index in [-0.39, 0.29) is 21.2 Å². The highest BCUT2D eigenvalue weighted by Gasteiger charge is 2.23. The number of pyridine rings is 1. The second-order valence-electron chi connectivity index (χ2n) is 5.35. The van der Waals surface area contributed by atoms with Gasteiger partial charge in [-0.25, -0.2) is 8.42 Å². The number of aromatic nitrogens is 1. The molecule has 3 aromatic rings. The van der Waals surface area contributed by atoms with Gasteiger partial charge >= 0.3 is 0 Å². The predicted molar refractivity (Wildman–Crippen MR) is 99.9 cm³/mol. The summed E-state index contributed by atoms with van der Waals surface area (Å²) in [6.45, 7) is 0. The smallest absolute Gasteiger partial charge is 0.268 e. The third-order valence-corrected chi connectivity index (χ3v) is 5.96. The molecule has 1 N–H and O–H groups in total. The first-order chi connectivity index (χ1) is 11.8. The average molecular weight is 392 g/mol. The van der Waals surface area contributed by atoms with E-state index in [1.54, 1.807) is 30.3 Å². The first-order valence-electron chi connectivity index (χ1n) is 7.12. The van der Waals surface area contributed by atoms with Gasteiger partial charge in [-0.05, 0) is 23.8 Å². The molecule has 126 valence electrons. The summed E-state index contributed by atoms with van der Waals surface area (Å²) in [5.74, 6) is 2.10. The zero-order chi connectivity index (χ0) is 18.2. The van der Waals surface area contributed by atoms with Gasteiger partial charge in [0.05, 0.1) is 5.75 Å².